The van der Waals surface area contributed by atoms with Crippen LogP contribution in [-0.4, -0.2) is 17.9 Å². The first kappa shape index (κ1) is 11.8. The van der Waals surface area contributed by atoms with Crippen LogP contribution in [0.1, 0.15) is 5.56 Å². The Kier molecular flexibility index (Phi) is 4.12. The minimum Gasteiger partial charge on any atom is -0.338 e. The lowest BCUT2D eigenvalue weighted by atomic mass is 10.2. The van der Waals surface area contributed by atoms with Gasteiger partial charge >= 0.3 is 0 Å². The molecule has 0 fully saturated rings. The van der Waals surface area contributed by atoms with Crippen LogP contribution < -0.4 is 0 Å². The maximum atomic E-state index is 11.6. The average molecular weight is 216 g/mol. The van der Waals surface area contributed by atoms with E-state index in [2.05, 4.69) is 16.6 Å². The molecule has 0 bridgehead atoms. The first-order valence-corrected chi connectivity index (χ1v) is 4.68. The molecule has 82 valence electrons. The SMILES string of the molecule is C=C(N=[N+]=[N-])C(=O)N(C)Cc1ccccc1. The van der Waals surface area contributed by atoms with Gasteiger partial charge in [0.2, 0.25) is 0 Å². The Labute approximate surface area is 93.6 Å². The Balaban J connectivity index is 2.66. The van der Waals surface area contributed by atoms with E-state index in [-0.39, 0.29) is 11.6 Å². The normalized spacial score (nSPS) is 9.06. The fraction of sp³-hybridized carbons (Fsp3) is 0.182. The van der Waals surface area contributed by atoms with Gasteiger partial charge in [0, 0.05) is 18.5 Å². The second kappa shape index (κ2) is 5.58. The molecule has 0 saturated heterocycles. The lowest BCUT2D eigenvalue weighted by Crippen LogP contribution is -2.26. The summed E-state index contributed by atoms with van der Waals surface area (Å²) in [6, 6.07) is 9.54. The van der Waals surface area contributed by atoms with Crippen LogP contribution in [0.15, 0.2) is 47.7 Å². The van der Waals surface area contributed by atoms with Crippen LogP contribution in [-0.2, 0) is 11.3 Å². The van der Waals surface area contributed by atoms with Crippen LogP contribution in [0.5, 0.6) is 0 Å². The summed E-state index contributed by atoms with van der Waals surface area (Å²) in [7, 11) is 1.63. The van der Waals surface area contributed by atoms with Gasteiger partial charge < -0.3 is 4.90 Å². The van der Waals surface area contributed by atoms with Crippen LogP contribution in [0.4, 0.5) is 0 Å². The van der Waals surface area contributed by atoms with Crippen LogP contribution >= 0.6 is 0 Å². The first-order chi connectivity index (χ1) is 7.65. The van der Waals surface area contributed by atoms with Gasteiger partial charge in [-0.05, 0) is 11.1 Å². The largest absolute Gasteiger partial charge is 0.338 e. The molecular weight excluding hydrogens is 204 g/mol. The quantitative estimate of drug-likeness (QED) is 0.330. The molecule has 1 aromatic carbocycles. The second-order valence-corrected chi connectivity index (χ2v) is 3.28. The van der Waals surface area contributed by atoms with E-state index in [1.54, 1.807) is 7.05 Å². The predicted octanol–water partition coefficient (Wildman–Crippen LogP) is 2.47. The fourth-order valence-corrected chi connectivity index (χ4v) is 1.25. The highest BCUT2D eigenvalue weighted by Gasteiger charge is 2.11. The van der Waals surface area contributed by atoms with Gasteiger partial charge in [0.15, 0.2) is 0 Å². The third kappa shape index (κ3) is 3.15. The summed E-state index contributed by atoms with van der Waals surface area (Å²) in [5.41, 5.74) is 9.09. The minimum absolute atomic E-state index is 0.0964. The molecule has 16 heavy (non-hydrogen) atoms. The molecule has 0 unspecified atom stereocenters. The fourth-order valence-electron chi connectivity index (χ4n) is 1.25. The molecule has 0 aliphatic rings. The first-order valence-electron chi connectivity index (χ1n) is 4.68. The van der Waals surface area contributed by atoms with Gasteiger partial charge in [-0.25, -0.2) is 0 Å². The van der Waals surface area contributed by atoms with Crippen molar-refractivity contribution in [2.75, 3.05) is 7.05 Å². The zero-order valence-electron chi connectivity index (χ0n) is 9.00. The van der Waals surface area contributed by atoms with Crippen molar-refractivity contribution in [1.82, 2.24) is 4.90 Å². The topological polar surface area (TPSA) is 69.1 Å². The third-order valence-electron chi connectivity index (χ3n) is 2.02. The molecule has 0 spiro atoms. The van der Waals surface area contributed by atoms with Crippen molar-refractivity contribution >= 4 is 5.91 Å². The molecule has 0 aliphatic carbocycles. The standard InChI is InChI=1S/C11H12N4O/c1-9(13-14-12)11(16)15(2)8-10-6-4-3-5-7-10/h3-7H,1,8H2,2H3. The van der Waals surface area contributed by atoms with Crippen molar-refractivity contribution in [2.45, 2.75) is 6.54 Å². The van der Waals surface area contributed by atoms with Gasteiger partial charge in [-0.15, -0.1) is 0 Å². The minimum atomic E-state index is -0.373. The lowest BCUT2D eigenvalue weighted by molar-refractivity contribution is -0.126. The van der Waals surface area contributed by atoms with E-state index in [0.717, 1.165) is 5.56 Å². The monoisotopic (exact) mass is 216 g/mol. The highest BCUT2D eigenvalue weighted by Crippen LogP contribution is 2.06. The highest BCUT2D eigenvalue weighted by molar-refractivity contribution is 5.92. The van der Waals surface area contributed by atoms with Crippen LogP contribution in [0.25, 0.3) is 10.4 Å². The summed E-state index contributed by atoms with van der Waals surface area (Å²) < 4.78 is 0. The highest BCUT2D eigenvalue weighted by atomic mass is 16.2. The molecule has 1 amide bonds. The van der Waals surface area contributed by atoms with E-state index in [1.807, 2.05) is 30.3 Å². The van der Waals surface area contributed by atoms with Crippen molar-refractivity contribution in [2.24, 2.45) is 5.11 Å². The average Bonchev–Trinajstić information content (AvgIpc) is 2.29. The summed E-state index contributed by atoms with van der Waals surface area (Å²) in [6.45, 7) is 3.85. The van der Waals surface area contributed by atoms with Crippen LogP contribution in [0.2, 0.25) is 0 Å². The molecule has 0 heterocycles. The Bertz CT molecular complexity index is 435. The van der Waals surface area contributed by atoms with Crippen molar-refractivity contribution in [1.29, 1.82) is 0 Å². The molecule has 5 heteroatoms. The number of benzene rings is 1. The summed E-state index contributed by atoms with van der Waals surface area (Å²) in [5.74, 6) is -0.373. The summed E-state index contributed by atoms with van der Waals surface area (Å²) >= 11 is 0. The Morgan fingerprint density at radius 2 is 2.12 bits per heavy atom. The molecule has 0 radical (unpaired) electrons. The summed E-state index contributed by atoms with van der Waals surface area (Å²) in [6.07, 6.45) is 0. The Morgan fingerprint density at radius 1 is 1.50 bits per heavy atom. The van der Waals surface area contributed by atoms with E-state index in [0.29, 0.717) is 6.54 Å². The Morgan fingerprint density at radius 3 is 2.69 bits per heavy atom. The van der Waals surface area contributed by atoms with Crippen LogP contribution in [0.3, 0.4) is 0 Å². The number of carbonyl (C=O) groups is 1. The second-order valence-electron chi connectivity index (χ2n) is 3.28. The molecule has 0 N–H and O–H groups in total. The zero-order chi connectivity index (χ0) is 12.0. The van der Waals surface area contributed by atoms with E-state index in [9.17, 15) is 4.79 Å². The van der Waals surface area contributed by atoms with Crippen molar-refractivity contribution < 1.29 is 4.79 Å². The Hall–Kier alpha value is -2.26. The maximum Gasteiger partial charge on any atom is 0.255 e. The molecule has 0 atom stereocenters. The summed E-state index contributed by atoms with van der Waals surface area (Å²) in [4.78, 5) is 15.6. The number of nitrogens with zero attached hydrogens (tertiary/aromatic N) is 4. The molecular formula is C11H12N4O. The number of hydrogen-bond donors (Lipinski definition) is 0. The lowest BCUT2D eigenvalue weighted by Gasteiger charge is -2.16. The number of rotatable bonds is 4. The maximum absolute atomic E-state index is 11.6. The van der Waals surface area contributed by atoms with Gasteiger partial charge in [0.1, 0.15) is 0 Å². The molecule has 1 aromatic rings. The number of carbonyl (C=O) groups excluding carboxylic acids is 1. The van der Waals surface area contributed by atoms with Crippen molar-refractivity contribution in [3.8, 4) is 0 Å². The van der Waals surface area contributed by atoms with E-state index in [1.165, 1.54) is 4.90 Å². The number of azide groups is 1. The predicted molar refractivity (Wildman–Crippen MR) is 61.2 cm³/mol. The number of likely N-dealkylation sites (N-methyl/N-ethyl adjacent to an activating group) is 1. The van der Waals surface area contributed by atoms with Crippen molar-refractivity contribution in [3.05, 3.63) is 58.6 Å². The van der Waals surface area contributed by atoms with Gasteiger partial charge in [-0.1, -0.05) is 42.0 Å². The smallest absolute Gasteiger partial charge is 0.255 e. The van der Waals surface area contributed by atoms with Gasteiger partial charge in [-0.3, -0.25) is 4.79 Å². The molecule has 0 aliphatic heterocycles. The van der Waals surface area contributed by atoms with Gasteiger partial charge in [0.25, 0.3) is 5.91 Å². The molecule has 1 rings (SSSR count). The molecule has 0 aromatic heterocycles. The van der Waals surface area contributed by atoms with Gasteiger partial charge in [-0.2, -0.15) is 0 Å². The van der Waals surface area contributed by atoms with Crippen LogP contribution in [0, 0.1) is 0 Å². The van der Waals surface area contributed by atoms with E-state index < -0.39 is 0 Å². The third-order valence-corrected chi connectivity index (χ3v) is 2.02. The van der Waals surface area contributed by atoms with Gasteiger partial charge in [0.05, 0.1) is 5.70 Å². The molecule has 5 nitrogen and oxygen atoms in total. The number of hydrogen-bond acceptors (Lipinski definition) is 2. The zero-order valence-corrected chi connectivity index (χ0v) is 9.00. The molecule has 0 saturated carbocycles. The van der Waals surface area contributed by atoms with Crippen molar-refractivity contribution in [3.63, 3.8) is 0 Å². The van der Waals surface area contributed by atoms with E-state index >= 15 is 0 Å². The number of amides is 1. The summed E-state index contributed by atoms with van der Waals surface area (Å²) in [5, 5.41) is 3.18. The van der Waals surface area contributed by atoms with E-state index in [4.69, 9.17) is 5.53 Å².